The average molecular weight is 247 g/mol. The van der Waals surface area contributed by atoms with E-state index < -0.39 is 10.0 Å². The lowest BCUT2D eigenvalue weighted by Crippen LogP contribution is -2.35. The molecule has 4 nitrogen and oxygen atoms in total. The molecule has 0 amide bonds. The summed E-state index contributed by atoms with van der Waals surface area (Å²) in [6, 6.07) is 0. The van der Waals surface area contributed by atoms with Gasteiger partial charge in [0.25, 0.3) is 0 Å². The van der Waals surface area contributed by atoms with Crippen LogP contribution in [0.3, 0.4) is 0 Å². The van der Waals surface area contributed by atoms with Gasteiger partial charge in [-0.3, -0.25) is 0 Å². The summed E-state index contributed by atoms with van der Waals surface area (Å²) >= 11 is 0. The van der Waals surface area contributed by atoms with Gasteiger partial charge in [-0.1, -0.05) is 12.5 Å². The number of hydrogen-bond acceptors (Lipinski definition) is 3. The standard InChI is InChI=1S/C11H21NO3S/c1-3-4-8-16(14,15)12(2)9-10-6-5-7-11(10)13/h3,10-11,13H,1,4-9H2,2H3. The van der Waals surface area contributed by atoms with Crippen molar-refractivity contribution in [2.24, 2.45) is 5.92 Å². The van der Waals surface area contributed by atoms with Crippen molar-refractivity contribution in [2.45, 2.75) is 31.8 Å². The summed E-state index contributed by atoms with van der Waals surface area (Å²) in [6.45, 7) is 3.95. The first-order valence-corrected chi connectivity index (χ1v) is 7.31. The molecule has 0 aromatic heterocycles. The highest BCUT2D eigenvalue weighted by molar-refractivity contribution is 7.89. The summed E-state index contributed by atoms with van der Waals surface area (Å²) in [5, 5.41) is 9.64. The van der Waals surface area contributed by atoms with Crippen LogP contribution in [0.1, 0.15) is 25.7 Å². The first kappa shape index (κ1) is 13.7. The van der Waals surface area contributed by atoms with Crippen LogP contribution >= 0.6 is 0 Å². The monoisotopic (exact) mass is 247 g/mol. The molecule has 16 heavy (non-hydrogen) atoms. The van der Waals surface area contributed by atoms with Gasteiger partial charge in [0.15, 0.2) is 0 Å². The predicted octanol–water partition coefficient (Wildman–Crippen LogP) is 0.985. The van der Waals surface area contributed by atoms with Crippen LogP contribution in [-0.2, 0) is 10.0 Å². The minimum absolute atomic E-state index is 0.100. The van der Waals surface area contributed by atoms with Crippen LogP contribution in [-0.4, -0.2) is 43.3 Å². The molecule has 1 saturated carbocycles. The number of sulfonamides is 1. The third kappa shape index (κ3) is 3.57. The molecule has 1 rings (SSSR count). The van der Waals surface area contributed by atoms with E-state index in [1.54, 1.807) is 13.1 Å². The minimum Gasteiger partial charge on any atom is -0.393 e. The maximum Gasteiger partial charge on any atom is 0.214 e. The van der Waals surface area contributed by atoms with Gasteiger partial charge < -0.3 is 5.11 Å². The van der Waals surface area contributed by atoms with E-state index in [2.05, 4.69) is 6.58 Å². The highest BCUT2D eigenvalue weighted by atomic mass is 32.2. The van der Waals surface area contributed by atoms with E-state index >= 15 is 0 Å². The number of hydrogen-bond donors (Lipinski definition) is 1. The molecule has 1 aliphatic rings. The van der Waals surface area contributed by atoms with Crippen LogP contribution in [0, 0.1) is 5.92 Å². The first-order chi connectivity index (χ1) is 7.47. The van der Waals surface area contributed by atoms with Gasteiger partial charge in [0.1, 0.15) is 0 Å². The number of rotatable bonds is 6. The molecule has 0 bridgehead atoms. The molecule has 1 N–H and O–H groups in total. The maximum absolute atomic E-state index is 11.8. The second-order valence-electron chi connectivity index (χ2n) is 4.43. The molecule has 0 aromatic carbocycles. The Bertz CT molecular complexity index is 326. The second-order valence-corrected chi connectivity index (χ2v) is 6.63. The lowest BCUT2D eigenvalue weighted by Gasteiger charge is -2.22. The van der Waals surface area contributed by atoms with Crippen LogP contribution in [0.2, 0.25) is 0 Å². The summed E-state index contributed by atoms with van der Waals surface area (Å²) in [7, 11) is -1.60. The minimum atomic E-state index is -3.18. The Morgan fingerprint density at radius 1 is 1.50 bits per heavy atom. The molecule has 5 heteroatoms. The highest BCUT2D eigenvalue weighted by Gasteiger charge is 2.29. The molecule has 94 valence electrons. The zero-order chi connectivity index (χ0) is 12.2. The fourth-order valence-corrected chi connectivity index (χ4v) is 3.26. The predicted molar refractivity (Wildman–Crippen MR) is 64.6 cm³/mol. The van der Waals surface area contributed by atoms with E-state index in [0.717, 1.165) is 19.3 Å². The highest BCUT2D eigenvalue weighted by Crippen LogP contribution is 2.26. The van der Waals surface area contributed by atoms with Crippen molar-refractivity contribution in [1.82, 2.24) is 4.31 Å². The van der Waals surface area contributed by atoms with Crippen molar-refractivity contribution in [2.75, 3.05) is 19.3 Å². The lowest BCUT2D eigenvalue weighted by molar-refractivity contribution is 0.123. The Labute approximate surface area is 98.0 Å². The van der Waals surface area contributed by atoms with Crippen LogP contribution in [0.25, 0.3) is 0 Å². The third-order valence-corrected chi connectivity index (χ3v) is 5.02. The Morgan fingerprint density at radius 2 is 2.19 bits per heavy atom. The van der Waals surface area contributed by atoms with Crippen molar-refractivity contribution in [1.29, 1.82) is 0 Å². The number of aliphatic hydroxyl groups is 1. The van der Waals surface area contributed by atoms with E-state index in [0.29, 0.717) is 13.0 Å². The van der Waals surface area contributed by atoms with Crippen molar-refractivity contribution >= 4 is 10.0 Å². The first-order valence-electron chi connectivity index (χ1n) is 5.70. The Balaban J connectivity index is 2.50. The van der Waals surface area contributed by atoms with Gasteiger partial charge in [-0.05, 0) is 25.2 Å². The number of nitrogens with zero attached hydrogens (tertiary/aromatic N) is 1. The van der Waals surface area contributed by atoms with Crippen LogP contribution in [0.5, 0.6) is 0 Å². The summed E-state index contributed by atoms with van der Waals surface area (Å²) in [5.41, 5.74) is 0. The molecule has 0 saturated heterocycles. The molecular weight excluding hydrogens is 226 g/mol. The maximum atomic E-state index is 11.8. The molecule has 0 aromatic rings. The third-order valence-electron chi connectivity index (χ3n) is 3.17. The Hall–Kier alpha value is -0.390. The van der Waals surface area contributed by atoms with Crippen LogP contribution in [0.4, 0.5) is 0 Å². The quantitative estimate of drug-likeness (QED) is 0.712. The zero-order valence-corrected chi connectivity index (χ0v) is 10.6. The Morgan fingerprint density at radius 3 is 2.69 bits per heavy atom. The number of allylic oxidation sites excluding steroid dienone is 1. The van der Waals surface area contributed by atoms with E-state index in [1.165, 1.54) is 4.31 Å². The van der Waals surface area contributed by atoms with Crippen molar-refractivity contribution < 1.29 is 13.5 Å². The molecular formula is C11H21NO3S. The second kappa shape index (κ2) is 5.80. The van der Waals surface area contributed by atoms with Gasteiger partial charge in [0, 0.05) is 13.6 Å². The number of aliphatic hydroxyl groups excluding tert-OH is 1. The largest absolute Gasteiger partial charge is 0.393 e. The summed E-state index contributed by atoms with van der Waals surface area (Å²) in [6.07, 6.45) is 4.45. The molecule has 2 atom stereocenters. The molecule has 0 heterocycles. The van der Waals surface area contributed by atoms with Crippen molar-refractivity contribution in [3.05, 3.63) is 12.7 Å². The van der Waals surface area contributed by atoms with Gasteiger partial charge in [0.05, 0.1) is 11.9 Å². The molecule has 0 spiro atoms. The molecule has 0 aliphatic heterocycles. The van der Waals surface area contributed by atoms with E-state index in [-0.39, 0.29) is 17.8 Å². The fourth-order valence-electron chi connectivity index (χ4n) is 2.06. The summed E-state index contributed by atoms with van der Waals surface area (Å²) in [5.74, 6) is 0.207. The van der Waals surface area contributed by atoms with Gasteiger partial charge in [-0.25, -0.2) is 12.7 Å². The van der Waals surface area contributed by atoms with E-state index in [1.807, 2.05) is 0 Å². The molecule has 1 aliphatic carbocycles. The topological polar surface area (TPSA) is 57.6 Å². The van der Waals surface area contributed by atoms with Crippen LogP contribution in [0.15, 0.2) is 12.7 Å². The van der Waals surface area contributed by atoms with Crippen LogP contribution < -0.4 is 0 Å². The van der Waals surface area contributed by atoms with E-state index in [4.69, 9.17) is 0 Å². The Kier molecular flexibility index (Phi) is 4.95. The molecule has 2 unspecified atom stereocenters. The average Bonchev–Trinajstić information content (AvgIpc) is 2.61. The normalized spacial score (nSPS) is 26.2. The van der Waals surface area contributed by atoms with Crippen molar-refractivity contribution in [3.8, 4) is 0 Å². The fraction of sp³-hybridized carbons (Fsp3) is 0.818. The van der Waals surface area contributed by atoms with E-state index in [9.17, 15) is 13.5 Å². The molecule has 0 radical (unpaired) electrons. The smallest absolute Gasteiger partial charge is 0.214 e. The summed E-state index contributed by atoms with van der Waals surface area (Å²) < 4.78 is 24.9. The van der Waals surface area contributed by atoms with Gasteiger partial charge >= 0.3 is 0 Å². The van der Waals surface area contributed by atoms with Crippen molar-refractivity contribution in [3.63, 3.8) is 0 Å². The SMILES string of the molecule is C=CCCS(=O)(=O)N(C)CC1CCCC1O. The van der Waals surface area contributed by atoms with Gasteiger partial charge in [-0.2, -0.15) is 0 Å². The molecule has 1 fully saturated rings. The van der Waals surface area contributed by atoms with Gasteiger partial charge in [0.2, 0.25) is 10.0 Å². The lowest BCUT2D eigenvalue weighted by atomic mass is 10.1. The summed E-state index contributed by atoms with van der Waals surface area (Å²) in [4.78, 5) is 0. The zero-order valence-electron chi connectivity index (χ0n) is 9.80. The van der Waals surface area contributed by atoms with Gasteiger partial charge in [-0.15, -0.1) is 6.58 Å².